The summed E-state index contributed by atoms with van der Waals surface area (Å²) in [6.07, 6.45) is 0. The Morgan fingerprint density at radius 3 is 2.50 bits per heavy atom. The van der Waals surface area contributed by atoms with Crippen LogP contribution in [0.1, 0.15) is 22.4 Å². The number of rotatable bonds is 3. The molecule has 94 valence electrons. The molecule has 0 aliphatic carbocycles. The average molecular weight is 262 g/mol. The zero-order valence-corrected chi connectivity index (χ0v) is 11.6. The first-order valence-corrected chi connectivity index (χ1v) is 6.42. The van der Waals surface area contributed by atoms with Crippen LogP contribution in [0.3, 0.4) is 0 Å². The van der Waals surface area contributed by atoms with E-state index in [-0.39, 0.29) is 0 Å². The predicted molar refractivity (Wildman–Crippen MR) is 74.5 cm³/mol. The molecule has 18 heavy (non-hydrogen) atoms. The van der Waals surface area contributed by atoms with E-state index < -0.39 is 0 Å². The third-order valence-corrected chi connectivity index (χ3v) is 3.27. The molecule has 0 amide bonds. The summed E-state index contributed by atoms with van der Waals surface area (Å²) >= 11 is 5.77. The van der Waals surface area contributed by atoms with Crippen LogP contribution in [0.2, 0.25) is 0 Å². The Hall–Kier alpha value is -1.54. The molecule has 3 heteroatoms. The van der Waals surface area contributed by atoms with Gasteiger partial charge in [0.2, 0.25) is 5.88 Å². The fraction of sp³-hybridized carbons (Fsp3) is 0.267. The van der Waals surface area contributed by atoms with Crippen LogP contribution in [0.4, 0.5) is 0 Å². The normalized spacial score (nSPS) is 10.4. The van der Waals surface area contributed by atoms with Gasteiger partial charge in [0, 0.05) is 6.07 Å². The number of benzene rings is 1. The lowest BCUT2D eigenvalue weighted by molar-refractivity contribution is 0.454. The maximum absolute atomic E-state index is 5.89. The van der Waals surface area contributed by atoms with Gasteiger partial charge in [0.1, 0.15) is 5.75 Å². The zero-order valence-electron chi connectivity index (χ0n) is 10.8. The molecule has 0 unspecified atom stereocenters. The minimum absolute atomic E-state index is 0.392. The highest BCUT2D eigenvalue weighted by atomic mass is 35.5. The van der Waals surface area contributed by atoms with Crippen LogP contribution < -0.4 is 4.74 Å². The molecule has 1 heterocycles. The van der Waals surface area contributed by atoms with Gasteiger partial charge < -0.3 is 4.74 Å². The molecule has 1 aromatic carbocycles. The molecule has 2 nitrogen and oxygen atoms in total. The van der Waals surface area contributed by atoms with Crippen molar-refractivity contribution in [3.63, 3.8) is 0 Å². The van der Waals surface area contributed by atoms with Gasteiger partial charge in [-0.3, -0.25) is 0 Å². The summed E-state index contributed by atoms with van der Waals surface area (Å²) in [7, 11) is 0. The molecule has 0 bridgehead atoms. The van der Waals surface area contributed by atoms with E-state index in [4.69, 9.17) is 16.3 Å². The molecule has 0 aliphatic heterocycles. The first-order chi connectivity index (χ1) is 8.61. The second-order valence-corrected chi connectivity index (χ2v) is 4.62. The molecule has 0 saturated carbocycles. The summed E-state index contributed by atoms with van der Waals surface area (Å²) in [5.41, 5.74) is 4.28. The maximum atomic E-state index is 5.89. The number of hydrogen-bond acceptors (Lipinski definition) is 2. The van der Waals surface area contributed by atoms with Crippen LogP contribution in [0.25, 0.3) is 0 Å². The standard InChI is InChI=1S/C15H16ClNO/c1-10-7-8-11(2)15(12(10)3)18-14-6-4-5-13(9-16)17-14/h4-8H,9H2,1-3H3. The van der Waals surface area contributed by atoms with Gasteiger partial charge in [-0.25, -0.2) is 4.98 Å². The summed E-state index contributed by atoms with van der Waals surface area (Å²) in [6, 6.07) is 9.79. The summed E-state index contributed by atoms with van der Waals surface area (Å²) < 4.78 is 5.89. The van der Waals surface area contributed by atoms with Crippen molar-refractivity contribution in [3.05, 3.63) is 52.7 Å². The maximum Gasteiger partial charge on any atom is 0.219 e. The first kappa shape index (κ1) is 12.9. The van der Waals surface area contributed by atoms with Gasteiger partial charge in [0.05, 0.1) is 11.6 Å². The van der Waals surface area contributed by atoms with Crippen molar-refractivity contribution in [2.75, 3.05) is 0 Å². The number of aromatic nitrogens is 1. The number of hydrogen-bond donors (Lipinski definition) is 0. The molecule has 0 spiro atoms. The van der Waals surface area contributed by atoms with Crippen LogP contribution in [0.15, 0.2) is 30.3 Å². The summed E-state index contributed by atoms with van der Waals surface area (Å²) in [6.45, 7) is 6.17. The van der Waals surface area contributed by atoms with Crippen molar-refractivity contribution in [1.82, 2.24) is 4.98 Å². The Kier molecular flexibility index (Phi) is 3.87. The molecule has 2 aromatic rings. The van der Waals surface area contributed by atoms with Crippen molar-refractivity contribution in [1.29, 1.82) is 0 Å². The van der Waals surface area contributed by atoms with Crippen molar-refractivity contribution in [2.24, 2.45) is 0 Å². The number of aryl methyl sites for hydroxylation is 2. The summed E-state index contributed by atoms with van der Waals surface area (Å²) in [4.78, 5) is 4.34. The highest BCUT2D eigenvalue weighted by Gasteiger charge is 2.08. The summed E-state index contributed by atoms with van der Waals surface area (Å²) in [5, 5.41) is 0. The highest BCUT2D eigenvalue weighted by Crippen LogP contribution is 2.29. The number of ether oxygens (including phenoxy) is 1. The third kappa shape index (κ3) is 2.65. The average Bonchev–Trinajstić information content (AvgIpc) is 2.39. The van der Waals surface area contributed by atoms with Crippen LogP contribution >= 0.6 is 11.6 Å². The Balaban J connectivity index is 2.36. The highest BCUT2D eigenvalue weighted by molar-refractivity contribution is 6.16. The lowest BCUT2D eigenvalue weighted by Gasteiger charge is -2.13. The molecule has 0 saturated heterocycles. The largest absolute Gasteiger partial charge is 0.438 e. The lowest BCUT2D eigenvalue weighted by atomic mass is 10.1. The monoisotopic (exact) mass is 261 g/mol. The van der Waals surface area contributed by atoms with Crippen LogP contribution in [0.5, 0.6) is 11.6 Å². The lowest BCUT2D eigenvalue weighted by Crippen LogP contribution is -1.96. The van der Waals surface area contributed by atoms with E-state index in [2.05, 4.69) is 31.0 Å². The van der Waals surface area contributed by atoms with Crippen LogP contribution in [0, 0.1) is 20.8 Å². The number of nitrogens with zero attached hydrogens (tertiary/aromatic N) is 1. The first-order valence-electron chi connectivity index (χ1n) is 5.88. The minimum Gasteiger partial charge on any atom is -0.438 e. The van der Waals surface area contributed by atoms with E-state index in [0.29, 0.717) is 11.8 Å². The molecule has 0 atom stereocenters. The molecule has 0 radical (unpaired) electrons. The zero-order chi connectivity index (χ0) is 13.1. The number of alkyl halides is 1. The van der Waals surface area contributed by atoms with Crippen molar-refractivity contribution in [2.45, 2.75) is 26.7 Å². The van der Waals surface area contributed by atoms with E-state index in [0.717, 1.165) is 22.6 Å². The van der Waals surface area contributed by atoms with Gasteiger partial charge >= 0.3 is 0 Å². The second kappa shape index (κ2) is 5.40. The van der Waals surface area contributed by atoms with E-state index >= 15 is 0 Å². The molecule has 0 N–H and O–H groups in total. The molecule has 0 aliphatic rings. The minimum atomic E-state index is 0.392. The molecule has 1 aromatic heterocycles. The smallest absolute Gasteiger partial charge is 0.219 e. The van der Waals surface area contributed by atoms with E-state index in [1.54, 1.807) is 0 Å². The Morgan fingerprint density at radius 2 is 1.78 bits per heavy atom. The SMILES string of the molecule is Cc1ccc(C)c(Oc2cccc(CCl)n2)c1C. The fourth-order valence-corrected chi connectivity index (χ4v) is 1.92. The van der Waals surface area contributed by atoms with E-state index in [1.807, 2.05) is 25.1 Å². The van der Waals surface area contributed by atoms with Gasteiger partial charge in [0.25, 0.3) is 0 Å². The second-order valence-electron chi connectivity index (χ2n) is 4.36. The topological polar surface area (TPSA) is 22.1 Å². The van der Waals surface area contributed by atoms with Crippen molar-refractivity contribution >= 4 is 11.6 Å². The van der Waals surface area contributed by atoms with Gasteiger partial charge in [0.15, 0.2) is 0 Å². The molecule has 2 rings (SSSR count). The molecular formula is C15H16ClNO. The fourth-order valence-electron chi connectivity index (χ4n) is 1.78. The van der Waals surface area contributed by atoms with Gasteiger partial charge in [-0.1, -0.05) is 18.2 Å². The molecule has 0 fully saturated rings. The van der Waals surface area contributed by atoms with Crippen molar-refractivity contribution in [3.8, 4) is 11.6 Å². The van der Waals surface area contributed by atoms with Crippen LogP contribution in [-0.2, 0) is 5.88 Å². The van der Waals surface area contributed by atoms with Gasteiger partial charge in [-0.05, 0) is 43.5 Å². The quantitative estimate of drug-likeness (QED) is 0.757. The van der Waals surface area contributed by atoms with E-state index in [1.165, 1.54) is 5.56 Å². The van der Waals surface area contributed by atoms with Gasteiger partial charge in [-0.2, -0.15) is 0 Å². The van der Waals surface area contributed by atoms with Gasteiger partial charge in [-0.15, -0.1) is 11.6 Å². The Morgan fingerprint density at radius 1 is 1.06 bits per heavy atom. The summed E-state index contributed by atoms with van der Waals surface area (Å²) in [5.74, 6) is 1.86. The number of pyridine rings is 1. The predicted octanol–water partition coefficient (Wildman–Crippen LogP) is 4.54. The Bertz CT molecular complexity index is 566. The third-order valence-electron chi connectivity index (χ3n) is 3.00. The van der Waals surface area contributed by atoms with E-state index in [9.17, 15) is 0 Å². The van der Waals surface area contributed by atoms with Crippen molar-refractivity contribution < 1.29 is 4.74 Å². The van der Waals surface area contributed by atoms with Crippen LogP contribution in [-0.4, -0.2) is 4.98 Å². The Labute approximate surface area is 113 Å². The number of halogens is 1. The molecular weight excluding hydrogens is 246 g/mol.